The molecule has 1 atom stereocenters. The van der Waals surface area contributed by atoms with E-state index in [9.17, 15) is 4.79 Å². The van der Waals surface area contributed by atoms with Crippen molar-refractivity contribution in [2.75, 3.05) is 26.7 Å². The van der Waals surface area contributed by atoms with Gasteiger partial charge in [-0.15, -0.1) is 0 Å². The van der Waals surface area contributed by atoms with Crippen LogP contribution in [0.2, 0.25) is 5.02 Å². The third-order valence-electron chi connectivity index (χ3n) is 7.89. The monoisotopic (exact) mass is 558 g/mol. The molecule has 1 saturated heterocycles. The summed E-state index contributed by atoms with van der Waals surface area (Å²) < 4.78 is 5.33. The number of methoxy groups -OCH3 is 1. The highest BCUT2D eigenvalue weighted by Gasteiger charge is 2.30. The molecule has 7 heteroatoms. The van der Waals surface area contributed by atoms with Gasteiger partial charge in [0.05, 0.1) is 29.2 Å². The molecule has 5 rings (SSSR count). The Balaban J connectivity index is 1.54. The Kier molecular flexibility index (Phi) is 9.40. The van der Waals surface area contributed by atoms with Gasteiger partial charge in [0, 0.05) is 25.1 Å². The van der Waals surface area contributed by atoms with E-state index in [0.29, 0.717) is 29.3 Å². The number of piperidine rings is 1. The smallest absolute Gasteiger partial charge is 0.254 e. The molecular formula is C33H39ClN4O2. The molecule has 0 spiro atoms. The number of hydrogen-bond donors (Lipinski definition) is 1. The number of nitrogens with one attached hydrogen (secondary N) is 1. The van der Waals surface area contributed by atoms with Crippen molar-refractivity contribution in [1.82, 2.24) is 19.8 Å². The van der Waals surface area contributed by atoms with Crippen LogP contribution in [-0.2, 0) is 13.0 Å². The summed E-state index contributed by atoms with van der Waals surface area (Å²) in [5.41, 5.74) is 4.99. The molecule has 1 N–H and O–H groups in total. The zero-order chi connectivity index (χ0) is 27.9. The molecule has 1 amide bonds. The Morgan fingerprint density at radius 2 is 1.80 bits per heavy atom. The van der Waals surface area contributed by atoms with Crippen molar-refractivity contribution >= 4 is 28.5 Å². The number of para-hydroxylation sites is 2. The lowest BCUT2D eigenvalue weighted by Gasteiger charge is -2.32. The standard InChI is InChI=1S/C33H39ClN4O2/c1-3-4-20-38(33(39)25-16-17-31(40-2)27(34)21-25)30(32-35-28-14-8-9-15-29(28)36-32)22-24-12-6-7-13-26(24)23-37-18-10-5-11-19-37/h6-9,12-17,21,30H,3-5,10-11,18-20,22-23H2,1-2H3,(H,35,36). The fourth-order valence-electron chi connectivity index (χ4n) is 5.66. The molecule has 40 heavy (non-hydrogen) atoms. The minimum Gasteiger partial charge on any atom is -0.495 e. The third-order valence-corrected chi connectivity index (χ3v) is 8.18. The van der Waals surface area contributed by atoms with Gasteiger partial charge in [0.2, 0.25) is 0 Å². The summed E-state index contributed by atoms with van der Waals surface area (Å²) in [5, 5.41) is 0.427. The summed E-state index contributed by atoms with van der Waals surface area (Å²) in [6.07, 6.45) is 6.37. The molecule has 3 aromatic carbocycles. The maximum Gasteiger partial charge on any atom is 0.254 e. The van der Waals surface area contributed by atoms with Crippen LogP contribution in [0.15, 0.2) is 66.7 Å². The number of aromatic amines is 1. The van der Waals surface area contributed by atoms with Crippen LogP contribution in [0, 0.1) is 0 Å². The fraction of sp³-hybridized carbons (Fsp3) is 0.394. The van der Waals surface area contributed by atoms with Gasteiger partial charge in [0.1, 0.15) is 11.6 Å². The molecule has 1 aromatic heterocycles. The van der Waals surface area contributed by atoms with Crippen LogP contribution in [0.1, 0.15) is 72.4 Å². The number of imidazole rings is 1. The lowest BCUT2D eigenvalue weighted by Crippen LogP contribution is -2.38. The van der Waals surface area contributed by atoms with Crippen molar-refractivity contribution in [1.29, 1.82) is 0 Å². The minimum absolute atomic E-state index is 0.0584. The van der Waals surface area contributed by atoms with Crippen LogP contribution in [0.5, 0.6) is 5.75 Å². The quantitative estimate of drug-likeness (QED) is 0.208. The lowest BCUT2D eigenvalue weighted by molar-refractivity contribution is 0.0663. The van der Waals surface area contributed by atoms with Crippen LogP contribution in [0.3, 0.4) is 0 Å². The summed E-state index contributed by atoms with van der Waals surface area (Å²) in [4.78, 5) is 27.3. The molecule has 4 aromatic rings. The predicted molar refractivity (Wildman–Crippen MR) is 162 cm³/mol. The number of aromatic nitrogens is 2. The van der Waals surface area contributed by atoms with Crippen molar-refractivity contribution in [2.24, 2.45) is 0 Å². The Bertz CT molecular complexity index is 1400. The maximum absolute atomic E-state index is 14.2. The van der Waals surface area contributed by atoms with E-state index in [0.717, 1.165) is 49.3 Å². The summed E-state index contributed by atoms with van der Waals surface area (Å²) in [6.45, 7) is 5.98. The third kappa shape index (κ3) is 6.51. The molecule has 1 fully saturated rings. The van der Waals surface area contributed by atoms with Crippen LogP contribution < -0.4 is 4.74 Å². The largest absolute Gasteiger partial charge is 0.495 e. The highest BCUT2D eigenvalue weighted by molar-refractivity contribution is 6.32. The van der Waals surface area contributed by atoms with Crippen molar-refractivity contribution in [3.05, 3.63) is 94.3 Å². The number of fused-ring (bicyclic) bond motifs is 1. The van der Waals surface area contributed by atoms with Crippen LogP contribution in [0.4, 0.5) is 0 Å². The number of hydrogen-bond acceptors (Lipinski definition) is 4. The van der Waals surface area contributed by atoms with E-state index in [1.807, 2.05) is 29.2 Å². The molecule has 0 radical (unpaired) electrons. The number of carbonyl (C=O) groups excluding carboxylic acids is 1. The fourth-order valence-corrected chi connectivity index (χ4v) is 5.91. The van der Waals surface area contributed by atoms with E-state index in [-0.39, 0.29) is 11.9 Å². The highest BCUT2D eigenvalue weighted by Crippen LogP contribution is 2.31. The van der Waals surface area contributed by atoms with Crippen LogP contribution in [0.25, 0.3) is 11.0 Å². The molecule has 210 valence electrons. The van der Waals surface area contributed by atoms with Crippen molar-refractivity contribution in [3.63, 3.8) is 0 Å². The van der Waals surface area contributed by atoms with Gasteiger partial charge in [-0.2, -0.15) is 0 Å². The first-order valence-electron chi connectivity index (χ1n) is 14.5. The average Bonchev–Trinajstić information content (AvgIpc) is 3.42. The van der Waals surface area contributed by atoms with Gasteiger partial charge in [-0.25, -0.2) is 4.98 Å². The first-order chi connectivity index (χ1) is 19.6. The van der Waals surface area contributed by atoms with Crippen LogP contribution in [-0.4, -0.2) is 52.4 Å². The molecule has 0 saturated carbocycles. The van der Waals surface area contributed by atoms with E-state index >= 15 is 0 Å². The average molecular weight is 559 g/mol. The number of rotatable bonds is 11. The van der Waals surface area contributed by atoms with Gasteiger partial charge >= 0.3 is 0 Å². The molecule has 0 aliphatic carbocycles. The molecule has 6 nitrogen and oxygen atoms in total. The summed E-state index contributed by atoms with van der Waals surface area (Å²) >= 11 is 6.46. The Morgan fingerprint density at radius 1 is 1.05 bits per heavy atom. The summed E-state index contributed by atoms with van der Waals surface area (Å²) in [6, 6.07) is 21.7. The van der Waals surface area contributed by atoms with Gasteiger partial charge in [-0.1, -0.05) is 67.8 Å². The van der Waals surface area contributed by atoms with Gasteiger partial charge in [0.25, 0.3) is 5.91 Å². The van der Waals surface area contributed by atoms with Crippen molar-refractivity contribution < 1.29 is 9.53 Å². The van der Waals surface area contributed by atoms with E-state index in [4.69, 9.17) is 21.3 Å². The van der Waals surface area contributed by atoms with Gasteiger partial charge in [0.15, 0.2) is 0 Å². The van der Waals surface area contributed by atoms with E-state index in [2.05, 4.69) is 41.1 Å². The molecule has 2 heterocycles. The van der Waals surface area contributed by atoms with Gasteiger partial charge in [-0.05, 0) is 73.8 Å². The van der Waals surface area contributed by atoms with Gasteiger partial charge < -0.3 is 14.6 Å². The molecule has 1 aliphatic rings. The lowest BCUT2D eigenvalue weighted by atomic mass is 9.97. The summed E-state index contributed by atoms with van der Waals surface area (Å²) in [7, 11) is 1.58. The molecule has 0 bridgehead atoms. The maximum atomic E-state index is 14.2. The number of benzene rings is 3. The molecular weight excluding hydrogens is 520 g/mol. The van der Waals surface area contributed by atoms with E-state index in [1.54, 1.807) is 25.3 Å². The molecule has 1 unspecified atom stereocenters. The number of H-pyrrole nitrogens is 1. The number of nitrogens with zero attached hydrogens (tertiary/aromatic N) is 3. The number of unbranched alkanes of at least 4 members (excludes halogenated alkanes) is 1. The highest BCUT2D eigenvalue weighted by atomic mass is 35.5. The first-order valence-corrected chi connectivity index (χ1v) is 14.8. The van der Waals surface area contributed by atoms with E-state index in [1.165, 1.54) is 30.4 Å². The second-order valence-electron chi connectivity index (χ2n) is 10.7. The SMILES string of the molecule is CCCCN(C(=O)c1ccc(OC)c(Cl)c1)C(Cc1ccccc1CN1CCCCC1)c1nc2ccccc2[nH]1. The number of ether oxygens (including phenoxy) is 1. The zero-order valence-corrected chi connectivity index (χ0v) is 24.3. The Hall–Kier alpha value is -3.35. The Labute approximate surface area is 242 Å². The van der Waals surface area contributed by atoms with Crippen molar-refractivity contribution in [2.45, 2.75) is 58.0 Å². The van der Waals surface area contributed by atoms with Gasteiger partial charge in [-0.3, -0.25) is 9.69 Å². The predicted octanol–water partition coefficient (Wildman–Crippen LogP) is 7.44. The van der Waals surface area contributed by atoms with E-state index < -0.39 is 0 Å². The second-order valence-corrected chi connectivity index (χ2v) is 11.1. The number of likely N-dealkylation sites (tertiary alicyclic amines) is 1. The normalized spacial score (nSPS) is 14.8. The number of amides is 1. The minimum atomic E-state index is -0.269. The molecule has 1 aliphatic heterocycles. The van der Waals surface area contributed by atoms with Crippen LogP contribution >= 0.6 is 11.6 Å². The number of halogens is 1. The zero-order valence-electron chi connectivity index (χ0n) is 23.5. The second kappa shape index (κ2) is 13.3. The Morgan fingerprint density at radius 3 is 2.52 bits per heavy atom. The summed E-state index contributed by atoms with van der Waals surface area (Å²) in [5.74, 6) is 1.30. The van der Waals surface area contributed by atoms with Crippen molar-refractivity contribution in [3.8, 4) is 5.75 Å². The topological polar surface area (TPSA) is 61.5 Å². The first kappa shape index (κ1) is 28.2. The number of carbonyl (C=O) groups is 1.